The molecule has 0 fully saturated rings. The number of carbonyl (C=O) groups excluding carboxylic acids is 1. The van der Waals surface area contributed by atoms with Crippen molar-refractivity contribution < 1.29 is 19.8 Å². The third-order valence-corrected chi connectivity index (χ3v) is 3.34. The number of hydrogen-bond acceptors (Lipinski definition) is 5. The fraction of sp³-hybridized carbons (Fsp3) is 0.154. The van der Waals surface area contributed by atoms with Crippen LogP contribution in [0.15, 0.2) is 23.6 Å². The summed E-state index contributed by atoms with van der Waals surface area (Å²) in [5, 5.41) is 23.5. The maximum absolute atomic E-state index is 11.8. The standard InChI is InChI=1S/C13H12N2O4S/c1-7-14-9(6-20-7)5-12(17)15-8-2-3-11(16)10(4-8)13(18)19/h2-4,6,16H,5H2,1H3,(H,15,17)(H,18,19). The Morgan fingerprint density at radius 3 is 2.75 bits per heavy atom. The lowest BCUT2D eigenvalue weighted by Gasteiger charge is -2.06. The number of nitrogens with zero attached hydrogens (tertiary/aromatic N) is 1. The maximum atomic E-state index is 11.8. The molecule has 0 saturated heterocycles. The van der Waals surface area contributed by atoms with Crippen LogP contribution in [0.2, 0.25) is 0 Å². The van der Waals surface area contributed by atoms with E-state index in [4.69, 9.17) is 5.11 Å². The maximum Gasteiger partial charge on any atom is 0.339 e. The van der Waals surface area contributed by atoms with Gasteiger partial charge in [0.15, 0.2) is 0 Å². The summed E-state index contributed by atoms with van der Waals surface area (Å²) in [6.07, 6.45) is 0.119. The minimum absolute atomic E-state index is 0.119. The van der Waals surface area contributed by atoms with Crippen molar-refractivity contribution in [1.82, 2.24) is 4.98 Å². The smallest absolute Gasteiger partial charge is 0.339 e. The molecule has 7 heteroatoms. The SMILES string of the molecule is Cc1nc(CC(=O)Nc2ccc(O)c(C(=O)O)c2)cs1. The topological polar surface area (TPSA) is 99.5 Å². The molecule has 0 aliphatic carbocycles. The van der Waals surface area contributed by atoms with Crippen LogP contribution < -0.4 is 5.32 Å². The minimum atomic E-state index is -1.26. The lowest BCUT2D eigenvalue weighted by Crippen LogP contribution is -2.15. The number of aromatic nitrogens is 1. The van der Waals surface area contributed by atoms with Crippen LogP contribution in [0, 0.1) is 6.92 Å². The molecule has 1 amide bonds. The zero-order chi connectivity index (χ0) is 14.7. The number of amides is 1. The van der Waals surface area contributed by atoms with E-state index in [0.29, 0.717) is 11.4 Å². The molecule has 0 saturated carbocycles. The molecule has 1 aromatic heterocycles. The Morgan fingerprint density at radius 1 is 1.40 bits per heavy atom. The van der Waals surface area contributed by atoms with Gasteiger partial charge in [-0.1, -0.05) is 0 Å². The van der Waals surface area contributed by atoms with Crippen LogP contribution in [0.25, 0.3) is 0 Å². The molecule has 2 rings (SSSR count). The van der Waals surface area contributed by atoms with Crippen molar-refractivity contribution in [1.29, 1.82) is 0 Å². The molecule has 0 aliphatic rings. The van der Waals surface area contributed by atoms with Gasteiger partial charge in [0.05, 0.1) is 17.1 Å². The normalized spacial score (nSPS) is 10.2. The average Bonchev–Trinajstić information content (AvgIpc) is 2.76. The first-order chi connectivity index (χ1) is 9.45. The Morgan fingerprint density at radius 2 is 2.15 bits per heavy atom. The largest absolute Gasteiger partial charge is 0.507 e. The highest BCUT2D eigenvalue weighted by Gasteiger charge is 2.12. The molecular weight excluding hydrogens is 280 g/mol. The van der Waals surface area contributed by atoms with E-state index in [1.807, 2.05) is 6.92 Å². The van der Waals surface area contributed by atoms with E-state index in [9.17, 15) is 14.7 Å². The number of carboxylic acids is 1. The van der Waals surface area contributed by atoms with Crippen molar-refractivity contribution in [3.63, 3.8) is 0 Å². The third-order valence-electron chi connectivity index (χ3n) is 2.52. The summed E-state index contributed by atoms with van der Waals surface area (Å²) in [4.78, 5) is 26.8. The zero-order valence-electron chi connectivity index (χ0n) is 10.6. The number of aryl methyl sites for hydroxylation is 1. The summed E-state index contributed by atoms with van der Waals surface area (Å²) in [5.74, 6) is -1.89. The van der Waals surface area contributed by atoms with Crippen LogP contribution in [0.5, 0.6) is 5.75 Å². The van der Waals surface area contributed by atoms with Crippen LogP contribution in [-0.2, 0) is 11.2 Å². The summed E-state index contributed by atoms with van der Waals surface area (Å²) in [6, 6.07) is 3.87. The van der Waals surface area contributed by atoms with Gasteiger partial charge in [-0.2, -0.15) is 0 Å². The van der Waals surface area contributed by atoms with Crippen LogP contribution >= 0.6 is 11.3 Å². The first-order valence-electron chi connectivity index (χ1n) is 5.73. The predicted octanol–water partition coefficient (Wildman–Crippen LogP) is 2.04. The molecule has 2 aromatic rings. The number of aromatic hydroxyl groups is 1. The Labute approximate surface area is 118 Å². The van der Waals surface area contributed by atoms with E-state index in [1.165, 1.54) is 29.5 Å². The van der Waals surface area contributed by atoms with Crippen molar-refractivity contribution in [3.8, 4) is 5.75 Å². The lowest BCUT2D eigenvalue weighted by molar-refractivity contribution is -0.115. The summed E-state index contributed by atoms with van der Waals surface area (Å²) in [6.45, 7) is 1.85. The van der Waals surface area contributed by atoms with Gasteiger partial charge in [0.25, 0.3) is 0 Å². The van der Waals surface area contributed by atoms with E-state index in [1.54, 1.807) is 5.38 Å². The van der Waals surface area contributed by atoms with Crippen molar-refractivity contribution in [3.05, 3.63) is 39.8 Å². The van der Waals surface area contributed by atoms with E-state index in [0.717, 1.165) is 5.01 Å². The molecule has 3 N–H and O–H groups in total. The monoisotopic (exact) mass is 292 g/mol. The number of carbonyl (C=O) groups is 2. The van der Waals surface area contributed by atoms with E-state index >= 15 is 0 Å². The summed E-state index contributed by atoms with van der Waals surface area (Å²) in [7, 11) is 0. The van der Waals surface area contributed by atoms with Gasteiger partial charge in [0.1, 0.15) is 11.3 Å². The molecule has 104 valence electrons. The number of nitrogens with one attached hydrogen (secondary N) is 1. The summed E-state index contributed by atoms with van der Waals surface area (Å²) < 4.78 is 0. The number of anilines is 1. The lowest BCUT2D eigenvalue weighted by atomic mass is 10.1. The number of thiazole rings is 1. The number of phenols is 1. The van der Waals surface area contributed by atoms with Gasteiger partial charge < -0.3 is 15.5 Å². The fourth-order valence-electron chi connectivity index (χ4n) is 1.64. The molecule has 0 radical (unpaired) electrons. The van der Waals surface area contributed by atoms with Gasteiger partial charge in [-0.25, -0.2) is 9.78 Å². The van der Waals surface area contributed by atoms with Gasteiger partial charge in [0, 0.05) is 11.1 Å². The van der Waals surface area contributed by atoms with Crippen LogP contribution in [0.1, 0.15) is 21.1 Å². The molecule has 1 heterocycles. The predicted molar refractivity (Wildman–Crippen MR) is 74.3 cm³/mol. The Bertz CT molecular complexity index is 666. The van der Waals surface area contributed by atoms with Crippen molar-refractivity contribution in [2.45, 2.75) is 13.3 Å². The second-order valence-corrected chi connectivity index (χ2v) is 5.18. The highest BCUT2D eigenvalue weighted by atomic mass is 32.1. The second kappa shape index (κ2) is 5.70. The molecule has 0 atom stereocenters. The van der Waals surface area contributed by atoms with Gasteiger partial charge in [-0.05, 0) is 25.1 Å². The summed E-state index contributed by atoms with van der Waals surface area (Å²) >= 11 is 1.46. The zero-order valence-corrected chi connectivity index (χ0v) is 11.4. The number of carboxylic acid groups (broad SMARTS) is 1. The molecule has 6 nitrogen and oxygen atoms in total. The molecule has 20 heavy (non-hydrogen) atoms. The molecular formula is C13H12N2O4S. The van der Waals surface area contributed by atoms with Crippen molar-refractivity contribution in [2.75, 3.05) is 5.32 Å². The highest BCUT2D eigenvalue weighted by molar-refractivity contribution is 7.09. The molecule has 0 unspecified atom stereocenters. The quantitative estimate of drug-likeness (QED) is 0.749. The number of benzene rings is 1. The average molecular weight is 292 g/mol. The van der Waals surface area contributed by atoms with Gasteiger partial charge in [-0.3, -0.25) is 4.79 Å². The molecule has 0 aliphatic heterocycles. The number of rotatable bonds is 4. The molecule has 1 aromatic carbocycles. The Balaban J connectivity index is 2.08. The Hall–Kier alpha value is -2.41. The first kappa shape index (κ1) is 14.0. The van der Waals surface area contributed by atoms with Gasteiger partial charge >= 0.3 is 5.97 Å². The first-order valence-corrected chi connectivity index (χ1v) is 6.61. The number of aromatic carboxylic acids is 1. The molecule has 0 spiro atoms. The van der Waals surface area contributed by atoms with Crippen LogP contribution in [0.4, 0.5) is 5.69 Å². The van der Waals surface area contributed by atoms with Crippen LogP contribution in [-0.4, -0.2) is 27.1 Å². The Kier molecular flexibility index (Phi) is 3.99. The van der Waals surface area contributed by atoms with Crippen LogP contribution in [0.3, 0.4) is 0 Å². The van der Waals surface area contributed by atoms with Gasteiger partial charge in [-0.15, -0.1) is 11.3 Å². The van der Waals surface area contributed by atoms with E-state index in [-0.39, 0.29) is 23.6 Å². The number of hydrogen-bond donors (Lipinski definition) is 3. The van der Waals surface area contributed by atoms with E-state index in [2.05, 4.69) is 10.3 Å². The fourth-order valence-corrected chi connectivity index (χ4v) is 2.26. The van der Waals surface area contributed by atoms with Crippen molar-refractivity contribution in [2.24, 2.45) is 0 Å². The molecule has 0 bridgehead atoms. The minimum Gasteiger partial charge on any atom is -0.507 e. The van der Waals surface area contributed by atoms with Gasteiger partial charge in [0.2, 0.25) is 5.91 Å². The second-order valence-electron chi connectivity index (χ2n) is 4.12. The summed E-state index contributed by atoms with van der Waals surface area (Å²) in [5.41, 5.74) is 0.728. The van der Waals surface area contributed by atoms with E-state index < -0.39 is 5.97 Å². The van der Waals surface area contributed by atoms with Crippen molar-refractivity contribution >= 4 is 28.9 Å². The highest BCUT2D eigenvalue weighted by Crippen LogP contribution is 2.21. The third kappa shape index (κ3) is 3.33.